The molecular weight excluding hydrogens is 428 g/mol. The van der Waals surface area contributed by atoms with E-state index in [0.29, 0.717) is 12.0 Å². The zero-order chi connectivity index (χ0) is 23.8. The number of likely N-dealkylation sites (N-methyl/N-ethyl adjacent to an activating group) is 1. The van der Waals surface area contributed by atoms with Crippen molar-refractivity contribution in [2.45, 2.75) is 63.2 Å². The number of fused-ring (bicyclic) bond motifs is 4. The Balaban J connectivity index is 1.31. The first-order valence-electron chi connectivity index (χ1n) is 12.3. The topological polar surface area (TPSA) is 90.5 Å². The third-order valence-electron chi connectivity index (χ3n) is 7.62. The van der Waals surface area contributed by atoms with Crippen molar-refractivity contribution in [2.24, 2.45) is 5.92 Å². The molecule has 1 saturated heterocycles. The normalized spacial score (nSPS) is 26.5. The molecule has 1 aliphatic carbocycles. The van der Waals surface area contributed by atoms with Gasteiger partial charge in [-0.3, -0.25) is 14.4 Å². The summed E-state index contributed by atoms with van der Waals surface area (Å²) in [7, 11) is 1.72. The fraction of sp³-hybridized carbons (Fsp3) is 0.444. The highest BCUT2D eigenvalue weighted by molar-refractivity contribution is 6.06. The van der Waals surface area contributed by atoms with Crippen LogP contribution in [-0.2, 0) is 14.4 Å². The summed E-state index contributed by atoms with van der Waals surface area (Å²) in [5.74, 6) is -0.192. The van der Waals surface area contributed by atoms with E-state index in [9.17, 15) is 14.4 Å². The molecule has 2 heterocycles. The molecule has 2 aliphatic heterocycles. The smallest absolute Gasteiger partial charge is 0.253 e. The second-order valence-electron chi connectivity index (χ2n) is 9.78. The fourth-order valence-corrected chi connectivity index (χ4v) is 5.74. The fourth-order valence-electron chi connectivity index (χ4n) is 5.74. The number of nitrogens with zero attached hydrogens (tertiary/aromatic N) is 1. The van der Waals surface area contributed by atoms with E-state index in [-0.39, 0.29) is 23.8 Å². The molecule has 0 radical (unpaired) electrons. The molecular formula is C27H32N4O3. The van der Waals surface area contributed by atoms with Gasteiger partial charge in [0.1, 0.15) is 12.1 Å². The Morgan fingerprint density at radius 1 is 1.03 bits per heavy atom. The molecule has 2 aromatic carbocycles. The maximum Gasteiger partial charge on any atom is 0.253 e. The molecule has 3 N–H and O–H groups in total. The molecule has 7 nitrogen and oxygen atoms in total. The standard InChI is InChI=1S/C27H32N4O3/c1-16(28-26(33)22-15-17-9-3-7-13-21(17)29-22)25(32)30-24-20-12-5-4-10-18(20)19-11-6-8-14-23(19)31(2)27(24)34/h4-6,8,10-12,14,16-17,21-22,24,29H,3,7,9,13,15H2,1-2H3,(H,28,33)(H,30,32)/t16-,17?,21?,22?,24+/m0/s1. The van der Waals surface area contributed by atoms with Gasteiger partial charge < -0.3 is 20.9 Å². The molecule has 0 spiro atoms. The second kappa shape index (κ2) is 9.22. The van der Waals surface area contributed by atoms with Crippen molar-refractivity contribution in [1.29, 1.82) is 0 Å². The van der Waals surface area contributed by atoms with Gasteiger partial charge in [0.2, 0.25) is 11.8 Å². The van der Waals surface area contributed by atoms with Gasteiger partial charge in [-0.1, -0.05) is 55.3 Å². The van der Waals surface area contributed by atoms with Crippen molar-refractivity contribution in [1.82, 2.24) is 16.0 Å². The lowest BCUT2D eigenvalue weighted by atomic mass is 9.85. The van der Waals surface area contributed by atoms with Gasteiger partial charge in [0.05, 0.1) is 11.7 Å². The zero-order valence-electron chi connectivity index (χ0n) is 19.7. The predicted molar refractivity (Wildman–Crippen MR) is 131 cm³/mol. The molecule has 7 heteroatoms. The number of hydrogen-bond acceptors (Lipinski definition) is 4. The summed E-state index contributed by atoms with van der Waals surface area (Å²) in [6.45, 7) is 1.67. The van der Waals surface area contributed by atoms with E-state index >= 15 is 0 Å². The lowest BCUT2D eigenvalue weighted by Crippen LogP contribution is -2.52. The molecule has 2 aromatic rings. The minimum Gasteiger partial charge on any atom is -0.343 e. The van der Waals surface area contributed by atoms with E-state index in [1.807, 2.05) is 48.5 Å². The summed E-state index contributed by atoms with van der Waals surface area (Å²) in [4.78, 5) is 41.0. The van der Waals surface area contributed by atoms with E-state index in [1.54, 1.807) is 18.9 Å². The predicted octanol–water partition coefficient (Wildman–Crippen LogP) is 2.91. The number of rotatable bonds is 4. The highest BCUT2D eigenvalue weighted by Crippen LogP contribution is 2.39. The van der Waals surface area contributed by atoms with Crippen LogP contribution in [-0.4, -0.2) is 42.9 Å². The Hall–Kier alpha value is -3.19. The van der Waals surface area contributed by atoms with E-state index in [4.69, 9.17) is 0 Å². The summed E-state index contributed by atoms with van der Waals surface area (Å²) in [6, 6.07) is 13.9. The van der Waals surface area contributed by atoms with Gasteiger partial charge in [-0.15, -0.1) is 0 Å². The number of amides is 3. The van der Waals surface area contributed by atoms with Gasteiger partial charge in [0.25, 0.3) is 5.91 Å². The Kier molecular flexibility index (Phi) is 6.13. The maximum atomic E-state index is 13.4. The van der Waals surface area contributed by atoms with Crippen LogP contribution in [0, 0.1) is 5.92 Å². The molecule has 3 aliphatic rings. The molecule has 3 unspecified atom stereocenters. The van der Waals surface area contributed by atoms with Crippen molar-refractivity contribution in [3.63, 3.8) is 0 Å². The van der Waals surface area contributed by atoms with Crippen LogP contribution in [0.2, 0.25) is 0 Å². The summed E-state index contributed by atoms with van der Waals surface area (Å²) >= 11 is 0. The quantitative estimate of drug-likeness (QED) is 0.654. The average Bonchev–Trinajstić information content (AvgIpc) is 3.28. The summed E-state index contributed by atoms with van der Waals surface area (Å²) in [6.07, 6.45) is 5.53. The van der Waals surface area contributed by atoms with E-state index in [1.165, 1.54) is 12.8 Å². The SMILES string of the molecule is C[C@H](NC(=O)C1CC2CCCCC2N1)C(=O)N[C@H]1C(=O)N(C)c2ccccc2-c2ccccc21. The van der Waals surface area contributed by atoms with Crippen molar-refractivity contribution >= 4 is 23.4 Å². The first kappa shape index (κ1) is 22.6. The van der Waals surface area contributed by atoms with Crippen LogP contribution in [0.15, 0.2) is 48.5 Å². The van der Waals surface area contributed by atoms with Crippen LogP contribution in [0.5, 0.6) is 0 Å². The molecule has 5 atom stereocenters. The first-order valence-corrected chi connectivity index (χ1v) is 12.3. The molecule has 0 bridgehead atoms. The Labute approximate surface area is 200 Å². The van der Waals surface area contributed by atoms with Crippen LogP contribution < -0.4 is 20.9 Å². The highest BCUT2D eigenvalue weighted by atomic mass is 16.2. The van der Waals surface area contributed by atoms with Crippen LogP contribution in [0.3, 0.4) is 0 Å². The second-order valence-corrected chi connectivity index (χ2v) is 9.78. The van der Waals surface area contributed by atoms with Crippen LogP contribution >= 0.6 is 0 Å². The molecule has 1 saturated carbocycles. The minimum absolute atomic E-state index is 0.144. The summed E-state index contributed by atoms with van der Waals surface area (Å²) in [5.41, 5.74) is 3.40. The van der Waals surface area contributed by atoms with Gasteiger partial charge in [-0.25, -0.2) is 0 Å². The number of benzene rings is 2. The number of hydrogen-bond donors (Lipinski definition) is 3. The molecule has 0 aromatic heterocycles. The Bertz CT molecular complexity index is 1100. The van der Waals surface area contributed by atoms with Gasteiger partial charge in [-0.2, -0.15) is 0 Å². The van der Waals surface area contributed by atoms with E-state index in [2.05, 4.69) is 16.0 Å². The van der Waals surface area contributed by atoms with Crippen LogP contribution in [0.1, 0.15) is 50.6 Å². The van der Waals surface area contributed by atoms with Crippen LogP contribution in [0.4, 0.5) is 5.69 Å². The summed E-state index contributed by atoms with van der Waals surface area (Å²) < 4.78 is 0. The van der Waals surface area contributed by atoms with Gasteiger partial charge in [0, 0.05) is 18.7 Å². The lowest BCUT2D eigenvalue weighted by molar-refractivity contribution is -0.131. The molecule has 178 valence electrons. The van der Waals surface area contributed by atoms with Crippen molar-refractivity contribution < 1.29 is 14.4 Å². The van der Waals surface area contributed by atoms with E-state index < -0.39 is 12.1 Å². The Morgan fingerprint density at radius 3 is 2.53 bits per heavy atom. The number of nitrogens with one attached hydrogen (secondary N) is 3. The average molecular weight is 461 g/mol. The van der Waals surface area contributed by atoms with Crippen molar-refractivity contribution in [2.75, 3.05) is 11.9 Å². The maximum absolute atomic E-state index is 13.4. The first-order chi connectivity index (χ1) is 16.4. The number of para-hydroxylation sites is 1. The number of carbonyl (C=O) groups is 3. The molecule has 34 heavy (non-hydrogen) atoms. The molecule has 3 amide bonds. The van der Waals surface area contributed by atoms with Crippen molar-refractivity contribution in [3.05, 3.63) is 54.1 Å². The van der Waals surface area contributed by atoms with Gasteiger partial charge in [0.15, 0.2) is 0 Å². The minimum atomic E-state index is -0.840. The Morgan fingerprint density at radius 2 is 1.74 bits per heavy atom. The van der Waals surface area contributed by atoms with Gasteiger partial charge in [-0.05, 0) is 49.3 Å². The monoisotopic (exact) mass is 460 g/mol. The number of anilines is 1. The third kappa shape index (κ3) is 4.09. The zero-order valence-corrected chi connectivity index (χ0v) is 19.7. The molecule has 2 fully saturated rings. The van der Waals surface area contributed by atoms with E-state index in [0.717, 1.165) is 41.6 Å². The largest absolute Gasteiger partial charge is 0.343 e. The summed E-state index contributed by atoms with van der Waals surface area (Å²) in [5, 5.41) is 9.23. The van der Waals surface area contributed by atoms with Gasteiger partial charge >= 0.3 is 0 Å². The number of carbonyl (C=O) groups excluding carboxylic acids is 3. The highest BCUT2D eigenvalue weighted by Gasteiger charge is 2.39. The van der Waals surface area contributed by atoms with Crippen molar-refractivity contribution in [3.8, 4) is 11.1 Å². The molecule has 5 rings (SSSR count). The lowest BCUT2D eigenvalue weighted by Gasteiger charge is -2.25. The van der Waals surface area contributed by atoms with Crippen LogP contribution in [0.25, 0.3) is 11.1 Å². The third-order valence-corrected chi connectivity index (χ3v) is 7.62.